The Balaban J connectivity index is 1.60. The average Bonchev–Trinajstić information content (AvgIpc) is 3.50. The fraction of sp³-hybridized carbons (Fsp3) is 0.444. The van der Waals surface area contributed by atoms with Crippen molar-refractivity contribution in [2.45, 2.75) is 50.5 Å². The van der Waals surface area contributed by atoms with E-state index in [2.05, 4.69) is 10.6 Å². The Morgan fingerprint density at radius 1 is 1.17 bits per heavy atom. The number of nitrogens with one attached hydrogen (secondary N) is 2. The van der Waals surface area contributed by atoms with Crippen LogP contribution in [-0.4, -0.2) is 59.1 Å². The molecule has 35 heavy (non-hydrogen) atoms. The predicted molar refractivity (Wildman–Crippen MR) is 129 cm³/mol. The number of likely N-dealkylation sites (tertiary alicyclic amines) is 1. The zero-order valence-electron chi connectivity index (χ0n) is 20.2. The van der Waals surface area contributed by atoms with Crippen molar-refractivity contribution in [1.29, 1.82) is 0 Å². The van der Waals surface area contributed by atoms with Gasteiger partial charge in [0.2, 0.25) is 17.7 Å². The van der Waals surface area contributed by atoms with Crippen molar-refractivity contribution in [2.75, 3.05) is 19.0 Å². The fourth-order valence-corrected chi connectivity index (χ4v) is 6.29. The van der Waals surface area contributed by atoms with Crippen LogP contribution in [0.4, 0.5) is 5.69 Å². The normalized spacial score (nSPS) is 29.7. The lowest BCUT2D eigenvalue weighted by Gasteiger charge is -2.37. The molecule has 0 aliphatic carbocycles. The van der Waals surface area contributed by atoms with E-state index in [0.717, 1.165) is 16.7 Å². The van der Waals surface area contributed by atoms with Crippen molar-refractivity contribution >= 4 is 23.4 Å². The Bertz CT molecular complexity index is 1170. The van der Waals surface area contributed by atoms with E-state index < -0.39 is 35.6 Å². The highest BCUT2D eigenvalue weighted by atomic mass is 16.5. The maximum Gasteiger partial charge on any atom is 0.250 e. The van der Waals surface area contributed by atoms with E-state index in [1.54, 1.807) is 7.05 Å². The van der Waals surface area contributed by atoms with E-state index in [9.17, 15) is 19.5 Å². The first-order chi connectivity index (χ1) is 16.8. The lowest BCUT2D eigenvalue weighted by Crippen LogP contribution is -2.54. The fourth-order valence-electron chi connectivity index (χ4n) is 6.29. The van der Waals surface area contributed by atoms with Gasteiger partial charge in [0, 0.05) is 12.7 Å². The second kappa shape index (κ2) is 8.77. The highest BCUT2D eigenvalue weighted by Crippen LogP contribution is 2.59. The molecule has 3 amide bonds. The first-order valence-corrected chi connectivity index (χ1v) is 12.1. The Hall–Kier alpha value is -3.23. The molecular weight excluding hydrogens is 446 g/mol. The number of aliphatic hydroxyl groups excluding tert-OH is 1. The van der Waals surface area contributed by atoms with Gasteiger partial charge in [-0.15, -0.1) is 0 Å². The van der Waals surface area contributed by atoms with Gasteiger partial charge in [-0.05, 0) is 49.4 Å². The van der Waals surface area contributed by atoms with Crippen LogP contribution in [0.15, 0.2) is 48.5 Å². The van der Waals surface area contributed by atoms with Gasteiger partial charge >= 0.3 is 0 Å². The number of benzene rings is 2. The molecule has 3 saturated heterocycles. The Morgan fingerprint density at radius 2 is 1.91 bits per heavy atom. The van der Waals surface area contributed by atoms with Crippen molar-refractivity contribution in [1.82, 2.24) is 10.2 Å². The SMILES string of the molecule is CNC(=O)[C@@H]1[C@H]2C(=O)N([C@H](CO)c3ccccc3)C(C(=O)Nc3cc(C)ccc3C)C23CC[C@H]1O3. The third kappa shape index (κ3) is 3.54. The largest absolute Gasteiger partial charge is 0.394 e. The van der Waals surface area contributed by atoms with Crippen LogP contribution in [0.5, 0.6) is 0 Å². The van der Waals surface area contributed by atoms with Crippen LogP contribution < -0.4 is 10.6 Å². The summed E-state index contributed by atoms with van der Waals surface area (Å²) in [6, 6.07) is 13.2. The minimum absolute atomic E-state index is 0.259. The van der Waals surface area contributed by atoms with Crippen LogP contribution in [0.3, 0.4) is 0 Å². The smallest absolute Gasteiger partial charge is 0.250 e. The monoisotopic (exact) mass is 477 g/mol. The van der Waals surface area contributed by atoms with Crippen LogP contribution >= 0.6 is 0 Å². The van der Waals surface area contributed by atoms with E-state index in [0.29, 0.717) is 18.5 Å². The summed E-state index contributed by atoms with van der Waals surface area (Å²) < 4.78 is 6.41. The van der Waals surface area contributed by atoms with Gasteiger partial charge < -0.3 is 25.4 Å². The molecule has 2 bridgehead atoms. The number of nitrogens with zero attached hydrogens (tertiary/aromatic N) is 1. The molecule has 2 unspecified atom stereocenters. The summed E-state index contributed by atoms with van der Waals surface area (Å²) in [5.74, 6) is -2.41. The van der Waals surface area contributed by atoms with Crippen molar-refractivity contribution in [3.8, 4) is 0 Å². The first-order valence-electron chi connectivity index (χ1n) is 12.1. The van der Waals surface area contributed by atoms with Crippen molar-refractivity contribution in [3.05, 3.63) is 65.2 Å². The molecule has 8 nitrogen and oxygen atoms in total. The molecule has 0 radical (unpaired) electrons. The Kier molecular flexibility index (Phi) is 5.89. The summed E-state index contributed by atoms with van der Waals surface area (Å²) >= 11 is 0. The number of carbonyl (C=O) groups is 3. The Labute approximate surface area is 204 Å². The van der Waals surface area contributed by atoms with Crippen molar-refractivity contribution in [2.24, 2.45) is 11.8 Å². The van der Waals surface area contributed by atoms with E-state index >= 15 is 0 Å². The summed E-state index contributed by atoms with van der Waals surface area (Å²) in [6.07, 6.45) is 0.680. The van der Waals surface area contributed by atoms with Gasteiger partial charge in [-0.25, -0.2) is 0 Å². The highest BCUT2D eigenvalue weighted by molar-refractivity contribution is 6.04. The van der Waals surface area contributed by atoms with E-state index in [4.69, 9.17) is 4.74 Å². The number of aliphatic hydroxyl groups is 1. The molecule has 184 valence electrons. The van der Waals surface area contributed by atoms with Gasteiger partial charge in [-0.3, -0.25) is 14.4 Å². The second-order valence-corrected chi connectivity index (χ2v) is 9.83. The number of rotatable bonds is 6. The third-order valence-electron chi connectivity index (χ3n) is 7.88. The molecular formula is C27H31N3O5. The number of anilines is 1. The highest BCUT2D eigenvalue weighted by Gasteiger charge is 2.75. The van der Waals surface area contributed by atoms with Crippen LogP contribution in [0.1, 0.15) is 35.6 Å². The van der Waals surface area contributed by atoms with E-state index in [1.807, 2.05) is 62.4 Å². The van der Waals surface area contributed by atoms with Gasteiger partial charge in [0.1, 0.15) is 11.6 Å². The van der Waals surface area contributed by atoms with Gasteiger partial charge in [0.05, 0.1) is 30.6 Å². The lowest BCUT2D eigenvalue weighted by molar-refractivity contribution is -0.144. The number of amides is 3. The molecule has 3 fully saturated rings. The molecule has 3 N–H and O–H groups in total. The molecule has 6 atom stereocenters. The van der Waals surface area contributed by atoms with Crippen molar-refractivity contribution in [3.63, 3.8) is 0 Å². The van der Waals surface area contributed by atoms with Crippen LogP contribution in [0.25, 0.3) is 0 Å². The van der Waals surface area contributed by atoms with Crippen LogP contribution in [-0.2, 0) is 19.1 Å². The molecule has 8 heteroatoms. The molecule has 3 heterocycles. The van der Waals surface area contributed by atoms with Crippen LogP contribution in [0.2, 0.25) is 0 Å². The quantitative estimate of drug-likeness (QED) is 0.591. The first kappa shape index (κ1) is 23.5. The zero-order chi connectivity index (χ0) is 24.9. The van der Waals surface area contributed by atoms with Gasteiger partial charge in [-0.1, -0.05) is 42.5 Å². The summed E-state index contributed by atoms with van der Waals surface area (Å²) in [6.45, 7) is 3.50. The summed E-state index contributed by atoms with van der Waals surface area (Å²) in [7, 11) is 1.55. The number of ether oxygens (including phenoxy) is 1. The van der Waals surface area contributed by atoms with E-state index in [-0.39, 0.29) is 24.3 Å². The summed E-state index contributed by atoms with van der Waals surface area (Å²) in [5.41, 5.74) is 2.16. The van der Waals surface area contributed by atoms with Gasteiger partial charge in [0.25, 0.3) is 0 Å². The minimum atomic E-state index is -1.12. The maximum atomic E-state index is 14.0. The molecule has 3 aliphatic rings. The van der Waals surface area contributed by atoms with Crippen LogP contribution in [0, 0.1) is 25.7 Å². The summed E-state index contributed by atoms with van der Waals surface area (Å²) in [5, 5.41) is 16.1. The molecule has 5 rings (SSSR count). The molecule has 2 aromatic carbocycles. The number of hydrogen-bond donors (Lipinski definition) is 3. The summed E-state index contributed by atoms with van der Waals surface area (Å²) in [4.78, 5) is 42.3. The zero-order valence-corrected chi connectivity index (χ0v) is 20.2. The molecule has 0 saturated carbocycles. The number of fused-ring (bicyclic) bond motifs is 1. The number of aryl methyl sites for hydroxylation is 2. The topological polar surface area (TPSA) is 108 Å². The Morgan fingerprint density at radius 3 is 2.60 bits per heavy atom. The molecule has 1 spiro atoms. The second-order valence-electron chi connectivity index (χ2n) is 9.83. The van der Waals surface area contributed by atoms with Gasteiger partial charge in [-0.2, -0.15) is 0 Å². The molecule has 2 aromatic rings. The minimum Gasteiger partial charge on any atom is -0.394 e. The number of hydrogen-bond acceptors (Lipinski definition) is 5. The maximum absolute atomic E-state index is 14.0. The third-order valence-corrected chi connectivity index (χ3v) is 7.88. The molecule has 3 aliphatic heterocycles. The average molecular weight is 478 g/mol. The predicted octanol–water partition coefficient (Wildman–Crippen LogP) is 2.10. The lowest BCUT2D eigenvalue weighted by atomic mass is 9.70. The van der Waals surface area contributed by atoms with Gasteiger partial charge in [0.15, 0.2) is 0 Å². The number of carbonyl (C=O) groups excluding carboxylic acids is 3. The molecule has 0 aromatic heterocycles. The van der Waals surface area contributed by atoms with Crippen molar-refractivity contribution < 1.29 is 24.2 Å². The standard InChI is InChI=1S/C27H31N3O5/c1-15-9-10-16(2)18(13-15)29-25(33)23-27-12-11-20(35-27)21(24(32)28-3)22(27)26(34)30(23)19(14-31)17-7-5-4-6-8-17/h4-10,13,19-23,31H,11-12,14H2,1-3H3,(H,28,32)(H,29,33)/t19-,20-,21+,22+,23?,27?/m1/s1. The van der Waals surface area contributed by atoms with E-state index in [1.165, 1.54) is 4.90 Å².